The SMILES string of the molecule is CN.CS.O=Cc1cc2occc2c(-c2nnc(-c3cccnc3)s2)n1. The molecule has 0 amide bonds. The molecule has 0 atom stereocenters. The topological polar surface area (TPSA) is 108 Å². The lowest BCUT2D eigenvalue weighted by Gasteiger charge is -1.98. The van der Waals surface area contributed by atoms with Crippen molar-refractivity contribution in [1.82, 2.24) is 20.2 Å². The Kier molecular flexibility index (Phi) is 7.39. The minimum atomic E-state index is 0.301. The van der Waals surface area contributed by atoms with Crippen LogP contribution in [0.2, 0.25) is 0 Å². The van der Waals surface area contributed by atoms with Crippen molar-refractivity contribution in [2.24, 2.45) is 5.73 Å². The fourth-order valence-corrected chi connectivity index (χ4v) is 2.97. The van der Waals surface area contributed by atoms with Crippen molar-refractivity contribution in [3.8, 4) is 21.3 Å². The Hall–Kier alpha value is -2.62. The van der Waals surface area contributed by atoms with E-state index in [0.29, 0.717) is 28.3 Å². The molecule has 0 radical (unpaired) electrons. The van der Waals surface area contributed by atoms with E-state index in [1.165, 1.54) is 18.4 Å². The first-order valence-electron chi connectivity index (χ1n) is 7.45. The van der Waals surface area contributed by atoms with E-state index in [4.69, 9.17) is 4.42 Å². The van der Waals surface area contributed by atoms with Crippen LogP contribution < -0.4 is 5.73 Å². The predicted octanol–water partition coefficient (Wildman–Crippen LogP) is 3.34. The van der Waals surface area contributed by atoms with Gasteiger partial charge in [-0.2, -0.15) is 12.6 Å². The number of nitrogens with zero attached hydrogens (tertiary/aromatic N) is 4. The van der Waals surface area contributed by atoms with Gasteiger partial charge in [-0.1, -0.05) is 11.3 Å². The molecule has 0 spiro atoms. The van der Waals surface area contributed by atoms with Gasteiger partial charge in [0.1, 0.15) is 22.0 Å². The standard InChI is InChI=1S/C15H8N4O2S.CH5N.CH4S/c20-8-10-6-12-11(3-5-21-12)13(17-10)15-19-18-14(22-15)9-2-1-4-16-7-9;2*1-2/h1-8H;2H2,1H3;2H,1H3. The highest BCUT2D eigenvalue weighted by Gasteiger charge is 2.15. The molecule has 0 aromatic carbocycles. The number of rotatable bonds is 3. The largest absolute Gasteiger partial charge is 0.464 e. The molecule has 4 aromatic heterocycles. The minimum absolute atomic E-state index is 0.301. The lowest BCUT2D eigenvalue weighted by molar-refractivity contribution is 0.111. The molecule has 4 rings (SSSR count). The molecule has 0 saturated carbocycles. The van der Waals surface area contributed by atoms with Gasteiger partial charge in [0.15, 0.2) is 11.3 Å². The Morgan fingerprint density at radius 1 is 1.19 bits per heavy atom. The van der Waals surface area contributed by atoms with Crippen LogP contribution in [0.4, 0.5) is 0 Å². The van der Waals surface area contributed by atoms with E-state index in [-0.39, 0.29) is 0 Å². The van der Waals surface area contributed by atoms with E-state index in [1.54, 1.807) is 37.0 Å². The van der Waals surface area contributed by atoms with Crippen molar-refractivity contribution >= 4 is 41.2 Å². The number of pyridine rings is 2. The van der Waals surface area contributed by atoms with E-state index >= 15 is 0 Å². The average molecular weight is 387 g/mol. The zero-order chi connectivity index (χ0) is 18.9. The van der Waals surface area contributed by atoms with Crippen molar-refractivity contribution in [2.45, 2.75) is 0 Å². The summed E-state index contributed by atoms with van der Waals surface area (Å²) in [7, 11) is 1.50. The lowest BCUT2D eigenvalue weighted by Crippen LogP contribution is -1.91. The fourth-order valence-electron chi connectivity index (χ4n) is 2.13. The highest BCUT2D eigenvalue weighted by Crippen LogP contribution is 2.33. The van der Waals surface area contributed by atoms with Gasteiger partial charge in [-0.3, -0.25) is 9.78 Å². The van der Waals surface area contributed by atoms with Crippen LogP contribution in [0, 0.1) is 0 Å². The van der Waals surface area contributed by atoms with Gasteiger partial charge in [-0.15, -0.1) is 10.2 Å². The summed E-state index contributed by atoms with van der Waals surface area (Å²) in [4.78, 5) is 19.4. The Labute approximate surface area is 159 Å². The Bertz CT molecular complexity index is 970. The minimum Gasteiger partial charge on any atom is -0.464 e. The fraction of sp³-hybridized carbons (Fsp3) is 0.118. The monoisotopic (exact) mass is 387 g/mol. The first kappa shape index (κ1) is 19.7. The van der Waals surface area contributed by atoms with Crippen LogP contribution in [0.3, 0.4) is 0 Å². The van der Waals surface area contributed by atoms with Gasteiger partial charge in [0.25, 0.3) is 0 Å². The molecule has 26 heavy (non-hydrogen) atoms. The molecule has 4 aromatic rings. The van der Waals surface area contributed by atoms with Crippen LogP contribution in [0.1, 0.15) is 10.5 Å². The maximum atomic E-state index is 11.0. The van der Waals surface area contributed by atoms with Crippen LogP contribution in [0.5, 0.6) is 0 Å². The first-order valence-corrected chi connectivity index (χ1v) is 9.16. The van der Waals surface area contributed by atoms with E-state index in [9.17, 15) is 4.79 Å². The number of fused-ring (bicyclic) bond motifs is 1. The summed E-state index contributed by atoms with van der Waals surface area (Å²) in [6.07, 6.45) is 7.38. The molecular weight excluding hydrogens is 370 g/mol. The molecular formula is C17H17N5O2S2. The number of aldehydes is 1. The second-order valence-electron chi connectivity index (χ2n) is 4.50. The number of aromatic nitrogens is 4. The summed E-state index contributed by atoms with van der Waals surface area (Å²) in [6, 6.07) is 7.17. The van der Waals surface area contributed by atoms with Crippen molar-refractivity contribution in [3.63, 3.8) is 0 Å². The summed E-state index contributed by atoms with van der Waals surface area (Å²) in [5, 5.41) is 10.6. The third kappa shape index (κ3) is 4.13. The number of thiol groups is 1. The molecule has 0 aliphatic heterocycles. The molecule has 134 valence electrons. The molecule has 0 aliphatic carbocycles. The quantitative estimate of drug-likeness (QED) is 0.410. The highest BCUT2D eigenvalue weighted by molar-refractivity contribution is 7.79. The van der Waals surface area contributed by atoms with Crippen LogP contribution in [-0.2, 0) is 0 Å². The summed E-state index contributed by atoms with van der Waals surface area (Å²) < 4.78 is 5.36. The van der Waals surface area contributed by atoms with Crippen molar-refractivity contribution in [3.05, 3.63) is 48.6 Å². The second kappa shape index (κ2) is 9.76. The van der Waals surface area contributed by atoms with Gasteiger partial charge in [-0.25, -0.2) is 4.98 Å². The van der Waals surface area contributed by atoms with Crippen molar-refractivity contribution in [2.75, 3.05) is 13.3 Å². The Balaban J connectivity index is 0.000000570. The summed E-state index contributed by atoms with van der Waals surface area (Å²) in [6.45, 7) is 0. The van der Waals surface area contributed by atoms with Gasteiger partial charge in [0.05, 0.1) is 6.26 Å². The lowest BCUT2D eigenvalue weighted by atomic mass is 10.2. The molecule has 2 N–H and O–H groups in total. The van der Waals surface area contributed by atoms with Crippen LogP contribution in [0.25, 0.3) is 32.2 Å². The zero-order valence-electron chi connectivity index (χ0n) is 14.2. The van der Waals surface area contributed by atoms with E-state index in [0.717, 1.165) is 16.0 Å². The van der Waals surface area contributed by atoms with Crippen LogP contribution in [-0.4, -0.2) is 39.8 Å². The highest BCUT2D eigenvalue weighted by atomic mass is 32.1. The molecule has 0 aliphatic rings. The van der Waals surface area contributed by atoms with Crippen LogP contribution in [0.15, 0.2) is 47.3 Å². The maximum absolute atomic E-state index is 11.0. The third-order valence-electron chi connectivity index (χ3n) is 3.13. The number of furan rings is 1. The molecule has 4 heterocycles. The number of nitrogens with two attached hydrogens (primary N) is 1. The van der Waals surface area contributed by atoms with Crippen molar-refractivity contribution < 1.29 is 9.21 Å². The molecule has 0 unspecified atom stereocenters. The van der Waals surface area contributed by atoms with Crippen LogP contribution >= 0.6 is 24.0 Å². The Morgan fingerprint density at radius 3 is 2.65 bits per heavy atom. The summed E-state index contributed by atoms with van der Waals surface area (Å²) >= 11 is 4.92. The van der Waals surface area contributed by atoms with Gasteiger partial charge >= 0.3 is 0 Å². The predicted molar refractivity (Wildman–Crippen MR) is 107 cm³/mol. The van der Waals surface area contributed by atoms with E-state index in [2.05, 4.69) is 38.5 Å². The Morgan fingerprint density at radius 2 is 1.96 bits per heavy atom. The van der Waals surface area contributed by atoms with Gasteiger partial charge in [0, 0.05) is 29.4 Å². The maximum Gasteiger partial charge on any atom is 0.168 e. The number of hydrogen-bond donors (Lipinski definition) is 2. The van der Waals surface area contributed by atoms with E-state index < -0.39 is 0 Å². The van der Waals surface area contributed by atoms with E-state index in [1.807, 2.05) is 12.1 Å². The average Bonchev–Trinajstić information content (AvgIpc) is 3.40. The smallest absolute Gasteiger partial charge is 0.168 e. The zero-order valence-corrected chi connectivity index (χ0v) is 15.9. The molecule has 9 heteroatoms. The summed E-state index contributed by atoms with van der Waals surface area (Å²) in [5.74, 6) is 0. The van der Waals surface area contributed by atoms with Gasteiger partial charge in [0.2, 0.25) is 0 Å². The van der Waals surface area contributed by atoms with Gasteiger partial charge < -0.3 is 10.2 Å². The molecule has 0 saturated heterocycles. The number of carbonyl (C=O) groups excluding carboxylic acids is 1. The summed E-state index contributed by atoms with van der Waals surface area (Å²) in [5.41, 5.74) is 6.89. The van der Waals surface area contributed by atoms with Crippen molar-refractivity contribution in [1.29, 1.82) is 0 Å². The molecule has 0 bridgehead atoms. The third-order valence-corrected chi connectivity index (χ3v) is 4.11. The molecule has 0 fully saturated rings. The first-order chi connectivity index (χ1) is 12.8. The normalized spacial score (nSPS) is 9.69. The number of hydrogen-bond acceptors (Lipinski definition) is 9. The number of carbonyl (C=O) groups is 1. The van der Waals surface area contributed by atoms with Gasteiger partial charge in [-0.05, 0) is 31.5 Å². The molecule has 7 nitrogen and oxygen atoms in total. The second-order valence-corrected chi connectivity index (χ2v) is 5.48.